The summed E-state index contributed by atoms with van der Waals surface area (Å²) in [4.78, 5) is 31.0. The zero-order valence-electron chi connectivity index (χ0n) is 23.5. The zero-order chi connectivity index (χ0) is 29.3. The highest BCUT2D eigenvalue weighted by molar-refractivity contribution is 5.99. The van der Waals surface area contributed by atoms with E-state index in [4.69, 9.17) is 10.5 Å². The van der Waals surface area contributed by atoms with Gasteiger partial charge in [-0.2, -0.15) is 0 Å². The number of hydrogen-bond acceptors (Lipinski definition) is 5. The molecule has 4 rings (SSSR count). The minimum Gasteiger partial charge on any atom is -0.493 e. The number of hydrogen-bond donors (Lipinski definition) is 2. The van der Waals surface area contributed by atoms with E-state index in [0.29, 0.717) is 19.6 Å². The van der Waals surface area contributed by atoms with Crippen molar-refractivity contribution in [2.24, 2.45) is 22.6 Å². The maximum Gasteiger partial charge on any atom is 0.231 e. The number of carbonyl (C=O) groups is 2. The Bertz CT molecular complexity index is 1000. The predicted molar refractivity (Wildman–Crippen MR) is 157 cm³/mol. The third-order valence-electron chi connectivity index (χ3n) is 5.86. The van der Waals surface area contributed by atoms with E-state index in [2.05, 4.69) is 42.6 Å². The van der Waals surface area contributed by atoms with E-state index in [0.717, 1.165) is 24.2 Å². The Hall–Kier alpha value is -3.97. The normalized spacial score (nSPS) is 21.8. The second kappa shape index (κ2) is 17.5. The molecule has 1 aliphatic carbocycles. The summed E-state index contributed by atoms with van der Waals surface area (Å²) in [5.74, 6) is 1.20. The Morgan fingerprint density at radius 2 is 1.89 bits per heavy atom. The second-order valence-corrected chi connectivity index (χ2v) is 9.06. The monoisotopic (exact) mass is 520 g/mol. The first-order valence-corrected chi connectivity index (χ1v) is 12.8. The third kappa shape index (κ3) is 10.2. The van der Waals surface area contributed by atoms with Gasteiger partial charge in [-0.25, -0.2) is 4.99 Å². The van der Waals surface area contributed by atoms with E-state index < -0.39 is 5.54 Å². The van der Waals surface area contributed by atoms with Gasteiger partial charge in [-0.05, 0) is 39.2 Å². The summed E-state index contributed by atoms with van der Waals surface area (Å²) in [6, 6.07) is 7.79. The maximum absolute atomic E-state index is 12.7. The van der Waals surface area contributed by atoms with Gasteiger partial charge in [0.1, 0.15) is 5.75 Å². The van der Waals surface area contributed by atoms with Gasteiger partial charge in [0.2, 0.25) is 11.8 Å². The van der Waals surface area contributed by atoms with Gasteiger partial charge in [0.05, 0.1) is 24.6 Å². The fourth-order valence-electron chi connectivity index (χ4n) is 4.11. The molecule has 2 heterocycles. The molecule has 0 radical (unpaired) electrons. The lowest BCUT2D eigenvalue weighted by molar-refractivity contribution is -0.130. The lowest BCUT2D eigenvalue weighted by Gasteiger charge is -2.32. The predicted octanol–water partition coefficient (Wildman–Crippen LogP) is 4.86. The number of nitrogens with zero attached hydrogens (tertiary/aromatic N) is 2. The van der Waals surface area contributed by atoms with E-state index in [1.807, 2.05) is 71.0 Å². The summed E-state index contributed by atoms with van der Waals surface area (Å²) < 4.78 is 5.65. The average molecular weight is 521 g/mol. The summed E-state index contributed by atoms with van der Waals surface area (Å²) in [5, 5.41) is 3.16. The van der Waals surface area contributed by atoms with Gasteiger partial charge in [-0.1, -0.05) is 56.9 Å². The number of benzene rings is 1. The molecule has 206 valence electrons. The van der Waals surface area contributed by atoms with Crippen LogP contribution in [-0.2, 0) is 9.59 Å². The van der Waals surface area contributed by atoms with E-state index >= 15 is 0 Å². The molecule has 38 heavy (non-hydrogen) atoms. The molecule has 3 aliphatic rings. The van der Waals surface area contributed by atoms with Gasteiger partial charge < -0.3 is 15.8 Å². The third-order valence-corrected chi connectivity index (χ3v) is 5.86. The molecular formula is C31H44N4O3. The molecule has 0 bridgehead atoms. The Morgan fingerprint density at radius 1 is 1.26 bits per heavy atom. The quantitative estimate of drug-likeness (QED) is 0.428. The number of ether oxygens (including phenoxy) is 1. The van der Waals surface area contributed by atoms with Crippen molar-refractivity contribution in [3.8, 4) is 31.4 Å². The number of nitrogens with one attached hydrogen (secondary N) is 1. The van der Waals surface area contributed by atoms with Crippen LogP contribution in [0.25, 0.3) is 0 Å². The van der Waals surface area contributed by atoms with Crippen LogP contribution in [0.5, 0.6) is 5.75 Å². The molecule has 2 unspecified atom stereocenters. The fraction of sp³-hybridized carbons (Fsp3) is 0.452. The zero-order valence-corrected chi connectivity index (χ0v) is 23.5. The molecule has 2 amide bonds. The van der Waals surface area contributed by atoms with Crippen LogP contribution in [0.4, 0.5) is 0 Å². The highest BCUT2D eigenvalue weighted by atomic mass is 16.5. The maximum atomic E-state index is 12.7. The number of rotatable bonds is 5. The molecule has 3 N–H and O–H groups in total. The number of carbonyl (C=O) groups excluding carboxylic acids is 2. The van der Waals surface area contributed by atoms with Crippen molar-refractivity contribution in [2.75, 3.05) is 13.2 Å². The smallest absolute Gasteiger partial charge is 0.231 e. The highest BCUT2D eigenvalue weighted by Gasteiger charge is 2.46. The van der Waals surface area contributed by atoms with Gasteiger partial charge in [-0.15, -0.1) is 25.7 Å². The summed E-state index contributed by atoms with van der Waals surface area (Å²) in [6.07, 6.45) is 23.5. The molecule has 1 fully saturated rings. The first kappa shape index (κ1) is 34.0. The SMILES string of the molecule is C#C.C#C.C=C/C=C\C.CC.CC1(C)CC(=O)N(CC2CC2C(=O)N[C@H]2CCOc3ccccc32)C(N)=N1. The van der Waals surface area contributed by atoms with E-state index in [1.165, 1.54) is 4.90 Å². The van der Waals surface area contributed by atoms with Crippen molar-refractivity contribution < 1.29 is 14.3 Å². The van der Waals surface area contributed by atoms with Gasteiger partial charge in [0, 0.05) is 24.4 Å². The van der Waals surface area contributed by atoms with Crippen molar-refractivity contribution in [1.29, 1.82) is 0 Å². The molecular weight excluding hydrogens is 476 g/mol. The number of terminal acetylenes is 2. The average Bonchev–Trinajstić information content (AvgIpc) is 3.70. The highest BCUT2D eigenvalue weighted by Crippen LogP contribution is 2.41. The van der Waals surface area contributed by atoms with Crippen molar-refractivity contribution in [3.05, 3.63) is 54.6 Å². The lowest BCUT2D eigenvalue weighted by atomic mass is 9.99. The van der Waals surface area contributed by atoms with Crippen LogP contribution >= 0.6 is 0 Å². The Labute approximate surface area is 229 Å². The topological polar surface area (TPSA) is 97.0 Å². The van der Waals surface area contributed by atoms with Crippen molar-refractivity contribution in [1.82, 2.24) is 10.2 Å². The summed E-state index contributed by atoms with van der Waals surface area (Å²) in [6.45, 7) is 14.3. The molecule has 0 spiro atoms. The van der Waals surface area contributed by atoms with Crippen molar-refractivity contribution in [3.63, 3.8) is 0 Å². The van der Waals surface area contributed by atoms with Crippen LogP contribution in [0.3, 0.4) is 0 Å². The van der Waals surface area contributed by atoms with Crippen LogP contribution in [0.15, 0.2) is 54.1 Å². The number of nitrogens with two attached hydrogens (primary N) is 1. The van der Waals surface area contributed by atoms with E-state index in [9.17, 15) is 9.59 Å². The van der Waals surface area contributed by atoms with Crippen LogP contribution < -0.4 is 15.8 Å². The van der Waals surface area contributed by atoms with Crippen LogP contribution in [0, 0.1) is 37.5 Å². The van der Waals surface area contributed by atoms with Crippen LogP contribution in [0.2, 0.25) is 0 Å². The Balaban J connectivity index is 0.00000108. The molecule has 1 aromatic carbocycles. The number of amides is 2. The number of para-hydroxylation sites is 1. The molecule has 1 aromatic rings. The first-order chi connectivity index (χ1) is 18.3. The Kier molecular flexibility index (Phi) is 15.7. The summed E-state index contributed by atoms with van der Waals surface area (Å²) in [5.41, 5.74) is 6.56. The standard InChI is InChI=1S/C20H26N4O3.C5H8.C2H6.2C2H2/c1-20(2)10-17(25)24(19(21)23-20)11-12-9-14(12)18(26)22-15-7-8-27-16-6-4-3-5-13(15)16;1-3-5-4-2;3*1-2/h3-6,12,14-15H,7-11H2,1-2H3,(H2,21,23)(H,22,26);3-5H,1H2,2H3;1-2H3;2*1-2H/b;5-4-;;;/t12?,14?,15-;;;;/m0..../s1. The van der Waals surface area contributed by atoms with Gasteiger partial charge in [-0.3, -0.25) is 14.5 Å². The van der Waals surface area contributed by atoms with Gasteiger partial charge in [0.15, 0.2) is 5.96 Å². The summed E-state index contributed by atoms with van der Waals surface area (Å²) in [7, 11) is 0. The molecule has 3 atom stereocenters. The van der Waals surface area contributed by atoms with Crippen LogP contribution in [-0.4, -0.2) is 41.4 Å². The minimum atomic E-state index is -0.450. The molecule has 1 saturated carbocycles. The number of allylic oxidation sites excluding steroid dienone is 3. The molecule has 7 nitrogen and oxygen atoms in total. The molecule has 7 heteroatoms. The van der Waals surface area contributed by atoms with Crippen LogP contribution in [0.1, 0.15) is 65.5 Å². The fourth-order valence-corrected chi connectivity index (χ4v) is 4.11. The molecule has 0 aromatic heterocycles. The first-order valence-electron chi connectivity index (χ1n) is 12.8. The Morgan fingerprint density at radius 3 is 2.45 bits per heavy atom. The van der Waals surface area contributed by atoms with E-state index in [-0.39, 0.29) is 35.7 Å². The van der Waals surface area contributed by atoms with Gasteiger partial charge in [0.25, 0.3) is 0 Å². The summed E-state index contributed by atoms with van der Waals surface area (Å²) >= 11 is 0. The minimum absolute atomic E-state index is 0.0167. The lowest BCUT2D eigenvalue weighted by Crippen LogP contribution is -2.50. The number of aliphatic imine (C=N–C) groups is 1. The number of fused-ring (bicyclic) bond motifs is 1. The molecule has 2 aliphatic heterocycles. The molecule has 0 saturated heterocycles. The van der Waals surface area contributed by atoms with Crippen molar-refractivity contribution >= 4 is 17.8 Å². The number of guanidine groups is 1. The van der Waals surface area contributed by atoms with Gasteiger partial charge >= 0.3 is 0 Å². The van der Waals surface area contributed by atoms with E-state index in [1.54, 1.807) is 6.08 Å². The largest absolute Gasteiger partial charge is 0.493 e. The van der Waals surface area contributed by atoms with Crippen molar-refractivity contribution in [2.45, 2.75) is 65.5 Å². The second-order valence-electron chi connectivity index (χ2n) is 9.06.